The van der Waals surface area contributed by atoms with Crippen LogP contribution in [-0.4, -0.2) is 43.6 Å². The van der Waals surface area contributed by atoms with Crippen LogP contribution in [0.3, 0.4) is 0 Å². The van der Waals surface area contributed by atoms with Crippen LogP contribution in [0.1, 0.15) is 35.7 Å². The van der Waals surface area contributed by atoms with Crippen molar-refractivity contribution >= 4 is 21.8 Å². The van der Waals surface area contributed by atoms with Crippen molar-refractivity contribution < 1.29 is 9.32 Å². The van der Waals surface area contributed by atoms with Gasteiger partial charge in [-0.15, -0.1) is 0 Å². The van der Waals surface area contributed by atoms with Gasteiger partial charge in [-0.25, -0.2) is 4.98 Å². The Bertz CT molecular complexity index is 1330. The lowest BCUT2D eigenvalue weighted by atomic mass is 9.96. The first-order chi connectivity index (χ1) is 17.5. The summed E-state index contributed by atoms with van der Waals surface area (Å²) in [4.78, 5) is 23.9. The Kier molecular flexibility index (Phi) is 7.58. The number of halogens is 1. The molecule has 0 unspecified atom stereocenters. The minimum atomic E-state index is 0.0259. The molecule has 2 aromatic heterocycles. The molecular weight excluding hydrogens is 520 g/mol. The van der Waals surface area contributed by atoms with E-state index in [1.165, 1.54) is 5.56 Å². The molecule has 0 radical (unpaired) electrons. The van der Waals surface area contributed by atoms with Gasteiger partial charge in [0.2, 0.25) is 17.6 Å². The van der Waals surface area contributed by atoms with Gasteiger partial charge in [-0.1, -0.05) is 57.5 Å². The summed E-state index contributed by atoms with van der Waals surface area (Å²) in [5.41, 5.74) is 3.21. The van der Waals surface area contributed by atoms with Crippen molar-refractivity contribution in [1.82, 2.24) is 29.9 Å². The van der Waals surface area contributed by atoms with E-state index in [0.29, 0.717) is 24.8 Å². The lowest BCUT2D eigenvalue weighted by Gasteiger charge is -2.30. The topological polar surface area (TPSA) is 89.1 Å². The first-order valence-electron chi connectivity index (χ1n) is 12.2. The van der Waals surface area contributed by atoms with Crippen LogP contribution in [0.15, 0.2) is 69.9 Å². The molecule has 8 nitrogen and oxygen atoms in total. The zero-order valence-corrected chi connectivity index (χ0v) is 21.8. The zero-order chi connectivity index (χ0) is 24.9. The molecule has 36 heavy (non-hydrogen) atoms. The van der Waals surface area contributed by atoms with Crippen LogP contribution in [0.2, 0.25) is 0 Å². The van der Waals surface area contributed by atoms with Gasteiger partial charge in [0.15, 0.2) is 0 Å². The lowest BCUT2D eigenvalue weighted by molar-refractivity contribution is -0.126. The van der Waals surface area contributed by atoms with Gasteiger partial charge < -0.3 is 14.4 Å². The number of amides is 1. The molecule has 9 heteroatoms. The van der Waals surface area contributed by atoms with Crippen LogP contribution in [0, 0.1) is 12.8 Å². The fraction of sp³-hybridized carbons (Fsp3) is 0.333. The van der Waals surface area contributed by atoms with E-state index in [1.54, 1.807) is 0 Å². The van der Waals surface area contributed by atoms with E-state index in [4.69, 9.17) is 4.52 Å². The minimum absolute atomic E-state index is 0.0259. The number of likely N-dealkylation sites (tertiary alicyclic amines) is 1. The second-order valence-corrected chi connectivity index (χ2v) is 10.1. The number of aryl methyl sites for hydroxylation is 1. The standard InChI is InChI=1S/C27H29BrN6O2/c1-19-29-10-13-34(19)17-21-5-2-4-20(14-21)16-30-27(35)22-8-11-33(12-9-22)18-25-31-26(32-36-25)23-6-3-7-24(28)15-23/h2-7,10,13-15,22H,8-9,11-12,16-18H2,1H3,(H,30,35). The molecule has 0 aliphatic carbocycles. The van der Waals surface area contributed by atoms with Crippen molar-refractivity contribution in [3.63, 3.8) is 0 Å². The van der Waals surface area contributed by atoms with Gasteiger partial charge in [0.05, 0.1) is 6.54 Å². The third-order valence-corrected chi connectivity index (χ3v) is 7.10. The number of aromatic nitrogens is 4. The summed E-state index contributed by atoms with van der Waals surface area (Å²) in [5, 5.41) is 7.25. The molecule has 2 aromatic carbocycles. The third kappa shape index (κ3) is 6.09. The van der Waals surface area contributed by atoms with Crippen LogP contribution in [0.25, 0.3) is 11.4 Å². The average molecular weight is 549 g/mol. The normalized spacial score (nSPS) is 14.7. The molecule has 0 bridgehead atoms. The average Bonchev–Trinajstić information content (AvgIpc) is 3.52. The van der Waals surface area contributed by atoms with Crippen LogP contribution >= 0.6 is 15.9 Å². The van der Waals surface area contributed by atoms with Gasteiger partial charge in [-0.05, 0) is 56.1 Å². The molecule has 5 rings (SSSR count). The number of hydrogen-bond acceptors (Lipinski definition) is 6. The Morgan fingerprint density at radius 2 is 1.92 bits per heavy atom. The SMILES string of the molecule is Cc1nccn1Cc1cccc(CNC(=O)C2CCN(Cc3nc(-c4cccc(Br)c4)no3)CC2)c1. The number of rotatable bonds is 8. The van der Waals surface area contributed by atoms with E-state index in [-0.39, 0.29) is 11.8 Å². The summed E-state index contributed by atoms with van der Waals surface area (Å²) in [7, 11) is 0. The summed E-state index contributed by atoms with van der Waals surface area (Å²) in [6, 6.07) is 16.2. The molecule has 1 aliphatic heterocycles. The molecular formula is C27H29BrN6O2. The molecule has 1 amide bonds. The minimum Gasteiger partial charge on any atom is -0.352 e. The van der Waals surface area contributed by atoms with E-state index in [0.717, 1.165) is 53.9 Å². The number of nitrogens with zero attached hydrogens (tertiary/aromatic N) is 5. The summed E-state index contributed by atoms with van der Waals surface area (Å²) >= 11 is 3.47. The maximum Gasteiger partial charge on any atom is 0.241 e. The number of carbonyl (C=O) groups excluding carboxylic acids is 1. The molecule has 0 spiro atoms. The Labute approximate surface area is 218 Å². The van der Waals surface area contributed by atoms with Crippen molar-refractivity contribution in [2.24, 2.45) is 5.92 Å². The number of nitrogens with one attached hydrogen (secondary N) is 1. The summed E-state index contributed by atoms with van der Waals surface area (Å²) in [5.74, 6) is 2.32. The molecule has 3 heterocycles. The van der Waals surface area contributed by atoms with Crippen LogP contribution in [0.4, 0.5) is 0 Å². The van der Waals surface area contributed by atoms with E-state index in [2.05, 4.69) is 64.0 Å². The predicted molar refractivity (Wildman–Crippen MR) is 140 cm³/mol. The highest BCUT2D eigenvalue weighted by Crippen LogP contribution is 2.22. The number of carbonyl (C=O) groups is 1. The molecule has 4 aromatic rings. The molecule has 0 saturated carbocycles. The number of imidazole rings is 1. The van der Waals surface area contributed by atoms with Crippen LogP contribution in [0.5, 0.6) is 0 Å². The van der Waals surface area contributed by atoms with E-state index >= 15 is 0 Å². The highest BCUT2D eigenvalue weighted by molar-refractivity contribution is 9.10. The Morgan fingerprint density at radius 1 is 1.11 bits per heavy atom. The fourth-order valence-electron chi connectivity index (χ4n) is 4.55. The maximum absolute atomic E-state index is 12.8. The Balaban J connectivity index is 1.08. The largest absolute Gasteiger partial charge is 0.352 e. The summed E-state index contributed by atoms with van der Waals surface area (Å²) in [6.45, 7) is 5.56. The molecule has 1 aliphatic rings. The summed E-state index contributed by atoms with van der Waals surface area (Å²) in [6.07, 6.45) is 5.43. The van der Waals surface area contributed by atoms with Crippen molar-refractivity contribution in [1.29, 1.82) is 0 Å². The zero-order valence-electron chi connectivity index (χ0n) is 20.2. The van der Waals surface area contributed by atoms with Crippen molar-refractivity contribution in [3.05, 3.63) is 88.2 Å². The van der Waals surface area contributed by atoms with Gasteiger partial charge in [0.25, 0.3) is 0 Å². The smallest absolute Gasteiger partial charge is 0.241 e. The quantitative estimate of drug-likeness (QED) is 0.346. The molecule has 1 N–H and O–H groups in total. The van der Waals surface area contributed by atoms with E-state index in [9.17, 15) is 4.79 Å². The van der Waals surface area contributed by atoms with Gasteiger partial charge in [-0.3, -0.25) is 9.69 Å². The van der Waals surface area contributed by atoms with Crippen LogP contribution < -0.4 is 5.32 Å². The number of benzene rings is 2. The van der Waals surface area contributed by atoms with Crippen molar-refractivity contribution in [3.8, 4) is 11.4 Å². The van der Waals surface area contributed by atoms with Gasteiger partial charge in [0.1, 0.15) is 5.82 Å². The second-order valence-electron chi connectivity index (χ2n) is 9.21. The Hall–Kier alpha value is -3.30. The number of hydrogen-bond donors (Lipinski definition) is 1. The third-order valence-electron chi connectivity index (χ3n) is 6.60. The maximum atomic E-state index is 12.8. The monoisotopic (exact) mass is 548 g/mol. The highest BCUT2D eigenvalue weighted by atomic mass is 79.9. The lowest BCUT2D eigenvalue weighted by Crippen LogP contribution is -2.40. The van der Waals surface area contributed by atoms with Crippen molar-refractivity contribution in [2.75, 3.05) is 13.1 Å². The Morgan fingerprint density at radius 3 is 2.69 bits per heavy atom. The van der Waals surface area contributed by atoms with Gasteiger partial charge in [-0.2, -0.15) is 4.98 Å². The highest BCUT2D eigenvalue weighted by Gasteiger charge is 2.26. The predicted octanol–water partition coefficient (Wildman–Crippen LogP) is 4.58. The molecule has 0 atom stereocenters. The molecule has 1 saturated heterocycles. The van der Waals surface area contributed by atoms with Gasteiger partial charge >= 0.3 is 0 Å². The number of piperidine rings is 1. The van der Waals surface area contributed by atoms with E-state index in [1.807, 2.05) is 49.6 Å². The summed E-state index contributed by atoms with van der Waals surface area (Å²) < 4.78 is 8.56. The second kappa shape index (κ2) is 11.2. The first-order valence-corrected chi connectivity index (χ1v) is 13.0. The van der Waals surface area contributed by atoms with Gasteiger partial charge in [0, 0.05) is 41.4 Å². The van der Waals surface area contributed by atoms with E-state index < -0.39 is 0 Å². The van der Waals surface area contributed by atoms with Crippen LogP contribution in [-0.2, 0) is 24.4 Å². The van der Waals surface area contributed by atoms with Crippen molar-refractivity contribution in [2.45, 2.75) is 39.4 Å². The fourth-order valence-corrected chi connectivity index (χ4v) is 4.95. The molecule has 186 valence electrons. The molecule has 1 fully saturated rings. The first kappa shape index (κ1) is 24.4.